The third-order valence-corrected chi connectivity index (χ3v) is 3.77. The Balaban J connectivity index is 1.68. The molecule has 0 radical (unpaired) electrons. The van der Waals surface area contributed by atoms with Crippen LogP contribution in [0.3, 0.4) is 0 Å². The van der Waals surface area contributed by atoms with Gasteiger partial charge in [0.2, 0.25) is 0 Å². The zero-order valence-corrected chi connectivity index (χ0v) is 13.7. The van der Waals surface area contributed by atoms with E-state index in [1.54, 1.807) is 0 Å². The smallest absolute Gasteiger partial charge is 0.275 e. The molecule has 0 saturated heterocycles. The summed E-state index contributed by atoms with van der Waals surface area (Å²) in [5.74, 6) is 0.227. The average Bonchev–Trinajstić information content (AvgIpc) is 2.60. The minimum Gasteiger partial charge on any atom is -0.339 e. The topological polar surface area (TPSA) is 66.9 Å². The van der Waals surface area contributed by atoms with Gasteiger partial charge in [0.1, 0.15) is 11.5 Å². The van der Waals surface area contributed by atoms with E-state index in [1.165, 1.54) is 12.4 Å². The lowest BCUT2D eigenvalue weighted by molar-refractivity contribution is 0.102. The van der Waals surface area contributed by atoms with Crippen LogP contribution in [0.5, 0.6) is 0 Å². The maximum absolute atomic E-state index is 12.1. The number of anilines is 3. The molecular weight excluding hydrogens is 324 g/mol. The number of rotatable bonds is 4. The summed E-state index contributed by atoms with van der Waals surface area (Å²) < 4.78 is 0. The summed E-state index contributed by atoms with van der Waals surface area (Å²) in [6.07, 6.45) is 2.93. The fraction of sp³-hybridized carbons (Fsp3) is 0.0556. The minimum absolute atomic E-state index is 0.242. The molecule has 0 aliphatic heterocycles. The maximum Gasteiger partial charge on any atom is 0.275 e. The van der Waals surface area contributed by atoms with Crippen LogP contribution in [0.1, 0.15) is 16.1 Å². The fourth-order valence-electron chi connectivity index (χ4n) is 2.04. The van der Waals surface area contributed by atoms with Crippen molar-refractivity contribution in [3.8, 4) is 0 Å². The molecule has 5 nitrogen and oxygen atoms in total. The molecule has 120 valence electrons. The van der Waals surface area contributed by atoms with Crippen LogP contribution in [0.4, 0.5) is 17.2 Å². The predicted molar refractivity (Wildman–Crippen MR) is 95.9 cm³/mol. The van der Waals surface area contributed by atoms with E-state index in [-0.39, 0.29) is 11.6 Å². The van der Waals surface area contributed by atoms with Crippen molar-refractivity contribution in [2.24, 2.45) is 0 Å². The molecule has 24 heavy (non-hydrogen) atoms. The van der Waals surface area contributed by atoms with Gasteiger partial charge < -0.3 is 10.6 Å². The van der Waals surface area contributed by atoms with Crippen LogP contribution in [-0.4, -0.2) is 15.9 Å². The van der Waals surface area contributed by atoms with Crippen LogP contribution in [0, 0.1) is 6.92 Å². The van der Waals surface area contributed by atoms with E-state index in [0.717, 1.165) is 11.3 Å². The second-order valence-corrected chi connectivity index (χ2v) is 5.60. The molecule has 0 aliphatic carbocycles. The first-order chi connectivity index (χ1) is 11.6. The van der Waals surface area contributed by atoms with Crippen LogP contribution in [0.15, 0.2) is 60.9 Å². The normalized spacial score (nSPS) is 10.2. The number of carbonyl (C=O) groups is 1. The lowest BCUT2D eigenvalue weighted by atomic mass is 10.2. The standard InChI is InChI=1S/C18H15ClN4O/c1-12-7-8-14(9-15(12)19)22-17-11-20-16(10-21-17)18(24)23-13-5-3-2-4-6-13/h2-11H,1H3,(H,21,22)(H,23,24). The largest absolute Gasteiger partial charge is 0.339 e. The van der Waals surface area contributed by atoms with Crippen molar-refractivity contribution < 1.29 is 4.79 Å². The second kappa shape index (κ2) is 7.10. The first-order valence-corrected chi connectivity index (χ1v) is 7.71. The zero-order chi connectivity index (χ0) is 16.9. The van der Waals surface area contributed by atoms with Gasteiger partial charge in [-0.15, -0.1) is 0 Å². The van der Waals surface area contributed by atoms with Crippen LogP contribution in [0.2, 0.25) is 5.02 Å². The summed E-state index contributed by atoms with van der Waals surface area (Å²) in [7, 11) is 0. The molecule has 0 unspecified atom stereocenters. The predicted octanol–water partition coefficient (Wildman–Crippen LogP) is 4.43. The average molecular weight is 339 g/mol. The van der Waals surface area contributed by atoms with Crippen molar-refractivity contribution in [2.45, 2.75) is 6.92 Å². The van der Waals surface area contributed by atoms with Crippen molar-refractivity contribution in [2.75, 3.05) is 10.6 Å². The lowest BCUT2D eigenvalue weighted by Gasteiger charge is -2.08. The Hall–Kier alpha value is -2.92. The van der Waals surface area contributed by atoms with Crippen molar-refractivity contribution in [1.82, 2.24) is 9.97 Å². The molecule has 0 bridgehead atoms. The van der Waals surface area contributed by atoms with Gasteiger partial charge in [0.25, 0.3) is 5.91 Å². The van der Waals surface area contributed by atoms with E-state index in [4.69, 9.17) is 11.6 Å². The summed E-state index contributed by atoms with van der Waals surface area (Å²) in [4.78, 5) is 20.5. The molecule has 1 amide bonds. The summed E-state index contributed by atoms with van der Waals surface area (Å²) in [6.45, 7) is 1.94. The summed E-state index contributed by atoms with van der Waals surface area (Å²) >= 11 is 6.09. The first-order valence-electron chi connectivity index (χ1n) is 7.33. The molecule has 3 aromatic rings. The van der Waals surface area contributed by atoms with E-state index in [9.17, 15) is 4.79 Å². The highest BCUT2D eigenvalue weighted by atomic mass is 35.5. The highest BCUT2D eigenvalue weighted by Crippen LogP contribution is 2.22. The molecule has 0 atom stereocenters. The molecule has 1 heterocycles. The number of amides is 1. The number of hydrogen-bond acceptors (Lipinski definition) is 4. The molecule has 1 aromatic heterocycles. The number of aromatic nitrogens is 2. The molecule has 2 aromatic carbocycles. The molecule has 0 saturated carbocycles. The molecule has 3 rings (SSSR count). The van der Waals surface area contributed by atoms with Gasteiger partial charge in [-0.3, -0.25) is 4.79 Å². The SMILES string of the molecule is Cc1ccc(Nc2cnc(C(=O)Nc3ccccc3)cn2)cc1Cl. The van der Waals surface area contributed by atoms with Gasteiger partial charge in [-0.25, -0.2) is 9.97 Å². The maximum atomic E-state index is 12.1. The number of para-hydroxylation sites is 1. The Morgan fingerprint density at radius 3 is 2.46 bits per heavy atom. The van der Waals surface area contributed by atoms with Gasteiger partial charge in [0.15, 0.2) is 0 Å². The minimum atomic E-state index is -0.307. The summed E-state index contributed by atoms with van der Waals surface area (Å²) in [5, 5.41) is 6.53. The van der Waals surface area contributed by atoms with Gasteiger partial charge in [-0.2, -0.15) is 0 Å². The van der Waals surface area contributed by atoms with E-state index >= 15 is 0 Å². The Morgan fingerprint density at radius 1 is 1.00 bits per heavy atom. The number of nitrogens with zero attached hydrogens (tertiary/aromatic N) is 2. The lowest BCUT2D eigenvalue weighted by Crippen LogP contribution is -2.14. The van der Waals surface area contributed by atoms with Gasteiger partial charge >= 0.3 is 0 Å². The number of hydrogen-bond donors (Lipinski definition) is 2. The van der Waals surface area contributed by atoms with Crippen LogP contribution >= 0.6 is 11.6 Å². The number of nitrogens with one attached hydrogen (secondary N) is 2. The molecule has 0 fully saturated rings. The molecule has 0 aliphatic rings. The van der Waals surface area contributed by atoms with Crippen LogP contribution < -0.4 is 10.6 Å². The van der Waals surface area contributed by atoms with Gasteiger partial charge in [0, 0.05) is 16.4 Å². The number of benzene rings is 2. The third-order valence-electron chi connectivity index (χ3n) is 3.36. The highest BCUT2D eigenvalue weighted by molar-refractivity contribution is 6.31. The molecule has 0 spiro atoms. The number of halogens is 1. The quantitative estimate of drug-likeness (QED) is 0.738. The Bertz CT molecular complexity index is 851. The highest BCUT2D eigenvalue weighted by Gasteiger charge is 2.08. The number of aryl methyl sites for hydroxylation is 1. The van der Waals surface area contributed by atoms with E-state index in [0.29, 0.717) is 16.5 Å². The van der Waals surface area contributed by atoms with E-state index in [1.807, 2.05) is 55.5 Å². The van der Waals surface area contributed by atoms with Crippen molar-refractivity contribution >= 4 is 34.7 Å². The van der Waals surface area contributed by atoms with Crippen molar-refractivity contribution in [3.63, 3.8) is 0 Å². The monoisotopic (exact) mass is 338 g/mol. The van der Waals surface area contributed by atoms with Crippen molar-refractivity contribution in [1.29, 1.82) is 0 Å². The molecular formula is C18H15ClN4O. The first kappa shape index (κ1) is 16.0. The summed E-state index contributed by atoms with van der Waals surface area (Å²) in [5.41, 5.74) is 2.76. The summed E-state index contributed by atoms with van der Waals surface area (Å²) in [6, 6.07) is 14.8. The fourth-order valence-corrected chi connectivity index (χ4v) is 2.23. The van der Waals surface area contributed by atoms with Crippen LogP contribution in [0.25, 0.3) is 0 Å². The van der Waals surface area contributed by atoms with Crippen LogP contribution in [-0.2, 0) is 0 Å². The third kappa shape index (κ3) is 3.88. The molecule has 6 heteroatoms. The Kier molecular flexibility index (Phi) is 4.72. The Morgan fingerprint density at radius 2 is 1.79 bits per heavy atom. The zero-order valence-electron chi connectivity index (χ0n) is 13.0. The molecule has 2 N–H and O–H groups in total. The second-order valence-electron chi connectivity index (χ2n) is 5.20. The van der Waals surface area contributed by atoms with Gasteiger partial charge in [-0.05, 0) is 36.8 Å². The van der Waals surface area contributed by atoms with E-state index < -0.39 is 0 Å². The van der Waals surface area contributed by atoms with Crippen molar-refractivity contribution in [3.05, 3.63) is 77.2 Å². The van der Waals surface area contributed by atoms with E-state index in [2.05, 4.69) is 20.6 Å². The van der Waals surface area contributed by atoms with Gasteiger partial charge in [0.05, 0.1) is 12.4 Å². The Labute approximate surface area is 144 Å². The number of carbonyl (C=O) groups excluding carboxylic acids is 1. The van der Waals surface area contributed by atoms with Gasteiger partial charge in [-0.1, -0.05) is 35.9 Å².